The van der Waals surface area contributed by atoms with Crippen LogP contribution >= 0.6 is 0 Å². The standard InChI is InChI=1S/C10H22N2O3/c1-10(2,3)12-9(13)11-6-8(15-5)7-14-4/h8H,6-7H2,1-5H3,(H2,11,12,13). The summed E-state index contributed by atoms with van der Waals surface area (Å²) >= 11 is 0. The fourth-order valence-electron chi connectivity index (χ4n) is 0.988. The predicted octanol–water partition coefficient (Wildman–Crippen LogP) is 0.746. The van der Waals surface area contributed by atoms with Gasteiger partial charge in [0.15, 0.2) is 0 Å². The number of urea groups is 1. The first-order valence-corrected chi connectivity index (χ1v) is 4.97. The molecule has 2 N–H and O–H groups in total. The topological polar surface area (TPSA) is 59.6 Å². The second-order valence-corrected chi connectivity index (χ2v) is 4.40. The summed E-state index contributed by atoms with van der Waals surface area (Å²) in [6.45, 7) is 6.68. The van der Waals surface area contributed by atoms with Crippen LogP contribution in [-0.2, 0) is 9.47 Å². The second kappa shape index (κ2) is 6.63. The third kappa shape index (κ3) is 8.20. The van der Waals surface area contributed by atoms with E-state index in [2.05, 4.69) is 10.6 Å². The zero-order chi connectivity index (χ0) is 11.9. The molecule has 15 heavy (non-hydrogen) atoms. The average Bonchev–Trinajstić information content (AvgIpc) is 2.09. The van der Waals surface area contributed by atoms with Crippen LogP contribution in [0.25, 0.3) is 0 Å². The van der Waals surface area contributed by atoms with Crippen molar-refractivity contribution in [2.45, 2.75) is 32.4 Å². The molecule has 0 rings (SSSR count). The van der Waals surface area contributed by atoms with Gasteiger partial charge in [-0.2, -0.15) is 0 Å². The molecule has 0 radical (unpaired) electrons. The number of nitrogens with one attached hydrogen (secondary N) is 2. The Kier molecular flexibility index (Phi) is 6.27. The lowest BCUT2D eigenvalue weighted by Crippen LogP contribution is -2.48. The van der Waals surface area contributed by atoms with Gasteiger partial charge in [0.2, 0.25) is 0 Å². The normalized spacial score (nSPS) is 13.4. The highest BCUT2D eigenvalue weighted by Gasteiger charge is 2.14. The van der Waals surface area contributed by atoms with E-state index in [1.807, 2.05) is 20.8 Å². The lowest BCUT2D eigenvalue weighted by atomic mass is 10.1. The maximum absolute atomic E-state index is 11.4. The van der Waals surface area contributed by atoms with E-state index in [0.29, 0.717) is 13.2 Å². The molecule has 0 aromatic rings. The molecule has 1 atom stereocenters. The molecule has 0 aromatic heterocycles. The third-order valence-corrected chi connectivity index (χ3v) is 1.66. The maximum Gasteiger partial charge on any atom is 0.315 e. The van der Waals surface area contributed by atoms with Gasteiger partial charge in [-0.15, -0.1) is 0 Å². The van der Waals surface area contributed by atoms with E-state index in [4.69, 9.17) is 9.47 Å². The number of hydrogen-bond donors (Lipinski definition) is 2. The Labute approximate surface area is 91.5 Å². The Morgan fingerprint density at radius 3 is 2.33 bits per heavy atom. The number of amides is 2. The minimum Gasteiger partial charge on any atom is -0.382 e. The first-order chi connectivity index (χ1) is 6.89. The fourth-order valence-corrected chi connectivity index (χ4v) is 0.988. The minimum absolute atomic E-state index is 0.110. The molecule has 0 saturated carbocycles. The molecule has 0 heterocycles. The summed E-state index contributed by atoms with van der Waals surface area (Å²) in [5, 5.41) is 5.51. The van der Waals surface area contributed by atoms with Gasteiger partial charge in [-0.3, -0.25) is 0 Å². The summed E-state index contributed by atoms with van der Waals surface area (Å²) in [6, 6.07) is -0.194. The van der Waals surface area contributed by atoms with Crippen molar-refractivity contribution in [1.29, 1.82) is 0 Å². The third-order valence-electron chi connectivity index (χ3n) is 1.66. The van der Waals surface area contributed by atoms with Gasteiger partial charge < -0.3 is 20.1 Å². The summed E-state index contributed by atoms with van der Waals surface area (Å²) in [4.78, 5) is 11.4. The molecule has 5 nitrogen and oxygen atoms in total. The van der Waals surface area contributed by atoms with Crippen molar-refractivity contribution in [3.63, 3.8) is 0 Å². The van der Waals surface area contributed by atoms with Crippen molar-refractivity contribution in [2.24, 2.45) is 0 Å². The van der Waals surface area contributed by atoms with Crippen LogP contribution in [0.1, 0.15) is 20.8 Å². The Bertz CT molecular complexity index is 190. The summed E-state index contributed by atoms with van der Waals surface area (Å²) in [7, 11) is 3.19. The monoisotopic (exact) mass is 218 g/mol. The number of ether oxygens (including phenoxy) is 2. The van der Waals surface area contributed by atoms with Crippen LogP contribution in [0.15, 0.2) is 0 Å². The molecule has 5 heteroatoms. The van der Waals surface area contributed by atoms with Crippen LogP contribution in [0.3, 0.4) is 0 Å². The molecule has 0 aromatic carbocycles. The Morgan fingerprint density at radius 1 is 1.33 bits per heavy atom. The summed E-state index contributed by atoms with van der Waals surface area (Å²) in [5.41, 5.74) is -0.228. The smallest absolute Gasteiger partial charge is 0.315 e. The van der Waals surface area contributed by atoms with Crippen LogP contribution in [0.2, 0.25) is 0 Å². The summed E-state index contributed by atoms with van der Waals surface area (Å²) < 4.78 is 10.0. The Morgan fingerprint density at radius 2 is 1.93 bits per heavy atom. The Hall–Kier alpha value is -0.810. The van der Waals surface area contributed by atoms with E-state index >= 15 is 0 Å². The molecule has 1 unspecified atom stereocenters. The van der Waals surface area contributed by atoms with Crippen molar-refractivity contribution >= 4 is 6.03 Å². The predicted molar refractivity (Wildman–Crippen MR) is 59.0 cm³/mol. The van der Waals surface area contributed by atoms with Gasteiger partial charge >= 0.3 is 6.03 Å². The quantitative estimate of drug-likeness (QED) is 0.715. The lowest BCUT2D eigenvalue weighted by Gasteiger charge is -2.22. The van der Waals surface area contributed by atoms with E-state index in [-0.39, 0.29) is 17.7 Å². The van der Waals surface area contributed by atoms with Gasteiger partial charge in [-0.05, 0) is 20.8 Å². The maximum atomic E-state index is 11.4. The molecule has 0 aliphatic heterocycles. The molecule has 90 valence electrons. The van der Waals surface area contributed by atoms with Crippen molar-refractivity contribution in [1.82, 2.24) is 10.6 Å². The molecule has 0 spiro atoms. The van der Waals surface area contributed by atoms with Gasteiger partial charge in [0, 0.05) is 26.3 Å². The molecule has 0 aliphatic carbocycles. The van der Waals surface area contributed by atoms with E-state index < -0.39 is 0 Å². The number of hydrogen-bond acceptors (Lipinski definition) is 3. The largest absolute Gasteiger partial charge is 0.382 e. The van der Waals surface area contributed by atoms with Crippen molar-refractivity contribution in [2.75, 3.05) is 27.4 Å². The minimum atomic E-state index is -0.228. The first kappa shape index (κ1) is 14.2. The van der Waals surface area contributed by atoms with Crippen LogP contribution in [0.4, 0.5) is 4.79 Å². The lowest BCUT2D eigenvalue weighted by molar-refractivity contribution is 0.0303. The number of carbonyl (C=O) groups is 1. The van der Waals surface area contributed by atoms with Gasteiger partial charge in [0.1, 0.15) is 0 Å². The van der Waals surface area contributed by atoms with Gasteiger partial charge in [0.05, 0.1) is 12.7 Å². The number of rotatable bonds is 5. The average molecular weight is 218 g/mol. The van der Waals surface area contributed by atoms with E-state index in [0.717, 1.165) is 0 Å². The van der Waals surface area contributed by atoms with Gasteiger partial charge in [-0.25, -0.2) is 4.79 Å². The van der Waals surface area contributed by atoms with E-state index in [1.165, 1.54) is 0 Å². The van der Waals surface area contributed by atoms with Crippen LogP contribution in [0, 0.1) is 0 Å². The summed E-state index contributed by atoms with van der Waals surface area (Å²) in [6.07, 6.45) is -0.110. The van der Waals surface area contributed by atoms with Crippen LogP contribution < -0.4 is 10.6 Å². The fraction of sp³-hybridized carbons (Fsp3) is 0.900. The second-order valence-electron chi connectivity index (χ2n) is 4.40. The van der Waals surface area contributed by atoms with Gasteiger partial charge in [0.25, 0.3) is 0 Å². The number of methoxy groups -OCH3 is 2. The number of carbonyl (C=O) groups excluding carboxylic acids is 1. The van der Waals surface area contributed by atoms with Crippen molar-refractivity contribution < 1.29 is 14.3 Å². The summed E-state index contributed by atoms with van der Waals surface area (Å²) in [5.74, 6) is 0. The van der Waals surface area contributed by atoms with E-state index in [9.17, 15) is 4.79 Å². The molecular weight excluding hydrogens is 196 g/mol. The first-order valence-electron chi connectivity index (χ1n) is 4.97. The zero-order valence-electron chi connectivity index (χ0n) is 10.2. The highest BCUT2D eigenvalue weighted by atomic mass is 16.5. The van der Waals surface area contributed by atoms with Crippen LogP contribution in [0.5, 0.6) is 0 Å². The van der Waals surface area contributed by atoms with Gasteiger partial charge in [-0.1, -0.05) is 0 Å². The Balaban J connectivity index is 3.78. The zero-order valence-corrected chi connectivity index (χ0v) is 10.2. The molecule has 0 saturated heterocycles. The molecule has 0 aliphatic rings. The molecular formula is C10H22N2O3. The highest BCUT2D eigenvalue weighted by molar-refractivity contribution is 5.74. The molecule has 2 amide bonds. The van der Waals surface area contributed by atoms with Crippen molar-refractivity contribution in [3.8, 4) is 0 Å². The van der Waals surface area contributed by atoms with E-state index in [1.54, 1.807) is 14.2 Å². The van der Waals surface area contributed by atoms with Crippen LogP contribution in [-0.4, -0.2) is 45.0 Å². The molecule has 0 bridgehead atoms. The highest BCUT2D eigenvalue weighted by Crippen LogP contribution is 1.97. The van der Waals surface area contributed by atoms with Crippen molar-refractivity contribution in [3.05, 3.63) is 0 Å². The SMILES string of the molecule is COCC(CNC(=O)NC(C)(C)C)OC. The molecule has 0 fully saturated rings.